The van der Waals surface area contributed by atoms with Gasteiger partial charge in [-0.2, -0.15) is 0 Å². The van der Waals surface area contributed by atoms with Gasteiger partial charge in [0.2, 0.25) is 0 Å². The van der Waals surface area contributed by atoms with Gasteiger partial charge in [0.1, 0.15) is 0 Å². The molecule has 1 nitrogen and oxygen atoms in total. The first kappa shape index (κ1) is 17.0. The molecular weight excluding hydrogens is 206 g/mol. The highest BCUT2D eigenvalue weighted by atomic mass is 14.8. The van der Waals surface area contributed by atoms with Crippen LogP contribution in [0.15, 0.2) is 0 Å². The number of hydrogen-bond acceptors (Lipinski definition) is 1. The fourth-order valence-electron chi connectivity index (χ4n) is 3.11. The highest BCUT2D eigenvalue weighted by Gasteiger charge is 2.24. The summed E-state index contributed by atoms with van der Waals surface area (Å²) in [5, 5.41) is 3.46. The van der Waals surface area contributed by atoms with Crippen LogP contribution >= 0.6 is 0 Å². The highest BCUT2D eigenvalue weighted by molar-refractivity contribution is 4.76. The molecular formula is C16H35N. The van der Waals surface area contributed by atoms with E-state index >= 15 is 0 Å². The molecule has 0 aromatic carbocycles. The second-order valence-corrected chi connectivity index (χ2v) is 6.37. The summed E-state index contributed by atoms with van der Waals surface area (Å²) in [5.41, 5.74) is 0.575. The summed E-state index contributed by atoms with van der Waals surface area (Å²) in [6, 6.07) is 0. The Morgan fingerprint density at radius 1 is 1.06 bits per heavy atom. The van der Waals surface area contributed by atoms with Crippen LogP contribution in [0.1, 0.15) is 73.6 Å². The predicted molar refractivity (Wildman–Crippen MR) is 79.4 cm³/mol. The predicted octanol–water partition coefficient (Wildman–Crippen LogP) is 4.86. The van der Waals surface area contributed by atoms with Crippen LogP contribution in [0.5, 0.6) is 0 Å². The molecule has 0 aromatic rings. The molecule has 0 aliphatic rings. The van der Waals surface area contributed by atoms with Crippen molar-refractivity contribution in [3.8, 4) is 0 Å². The Hall–Kier alpha value is -0.0400. The third-order valence-corrected chi connectivity index (χ3v) is 4.10. The Kier molecular flexibility index (Phi) is 8.94. The molecule has 0 rings (SSSR count). The second kappa shape index (κ2) is 8.97. The highest BCUT2D eigenvalue weighted by Crippen LogP contribution is 2.36. The van der Waals surface area contributed by atoms with Crippen molar-refractivity contribution in [2.24, 2.45) is 17.3 Å². The molecule has 1 N–H and O–H groups in total. The molecule has 0 aromatic heterocycles. The smallest absolute Gasteiger partial charge is 0.00232 e. The average Bonchev–Trinajstić information content (AvgIpc) is 2.26. The number of hydrogen-bond donors (Lipinski definition) is 1. The van der Waals surface area contributed by atoms with E-state index in [9.17, 15) is 0 Å². The molecule has 0 fully saturated rings. The van der Waals surface area contributed by atoms with E-state index < -0.39 is 0 Å². The maximum absolute atomic E-state index is 3.46. The second-order valence-electron chi connectivity index (χ2n) is 6.37. The zero-order chi connectivity index (χ0) is 13.3. The van der Waals surface area contributed by atoms with E-state index in [4.69, 9.17) is 0 Å². The lowest BCUT2D eigenvalue weighted by atomic mass is 9.74. The molecule has 0 spiro atoms. The molecule has 104 valence electrons. The number of nitrogens with one attached hydrogen (secondary N) is 1. The van der Waals surface area contributed by atoms with Crippen molar-refractivity contribution in [1.29, 1.82) is 0 Å². The zero-order valence-electron chi connectivity index (χ0n) is 13.1. The van der Waals surface area contributed by atoms with Gasteiger partial charge in [-0.1, -0.05) is 54.4 Å². The molecule has 0 bridgehead atoms. The van der Waals surface area contributed by atoms with Crippen LogP contribution in [0.25, 0.3) is 0 Å². The molecule has 0 aliphatic carbocycles. The summed E-state index contributed by atoms with van der Waals surface area (Å²) in [4.78, 5) is 0. The van der Waals surface area contributed by atoms with Gasteiger partial charge in [0.25, 0.3) is 0 Å². The van der Waals surface area contributed by atoms with E-state index in [0.717, 1.165) is 18.4 Å². The minimum atomic E-state index is 0.575. The largest absolute Gasteiger partial charge is 0.317 e. The summed E-state index contributed by atoms with van der Waals surface area (Å²) >= 11 is 0. The van der Waals surface area contributed by atoms with Crippen LogP contribution in [0.4, 0.5) is 0 Å². The van der Waals surface area contributed by atoms with Crippen LogP contribution in [-0.2, 0) is 0 Å². The molecule has 0 saturated carbocycles. The van der Waals surface area contributed by atoms with Crippen LogP contribution in [-0.4, -0.2) is 13.1 Å². The van der Waals surface area contributed by atoms with Gasteiger partial charge in [0, 0.05) is 0 Å². The van der Waals surface area contributed by atoms with Gasteiger partial charge in [-0.15, -0.1) is 0 Å². The van der Waals surface area contributed by atoms with Gasteiger partial charge >= 0.3 is 0 Å². The van der Waals surface area contributed by atoms with E-state index in [1.54, 1.807) is 0 Å². The van der Waals surface area contributed by atoms with Gasteiger partial charge in [-0.25, -0.2) is 0 Å². The Morgan fingerprint density at radius 2 is 1.71 bits per heavy atom. The third kappa shape index (κ3) is 7.81. The molecule has 0 amide bonds. The molecule has 0 heterocycles. The summed E-state index contributed by atoms with van der Waals surface area (Å²) in [6.45, 7) is 16.4. The lowest BCUT2D eigenvalue weighted by Crippen LogP contribution is -2.24. The van der Waals surface area contributed by atoms with Crippen molar-refractivity contribution in [3.05, 3.63) is 0 Å². The van der Waals surface area contributed by atoms with Crippen molar-refractivity contribution in [1.82, 2.24) is 5.32 Å². The average molecular weight is 241 g/mol. The minimum absolute atomic E-state index is 0.575. The fourth-order valence-corrected chi connectivity index (χ4v) is 3.11. The van der Waals surface area contributed by atoms with E-state index in [0.29, 0.717) is 5.41 Å². The lowest BCUT2D eigenvalue weighted by molar-refractivity contribution is 0.200. The minimum Gasteiger partial charge on any atom is -0.317 e. The molecule has 3 atom stereocenters. The molecule has 0 aliphatic heterocycles. The molecule has 17 heavy (non-hydrogen) atoms. The Morgan fingerprint density at radius 3 is 2.18 bits per heavy atom. The topological polar surface area (TPSA) is 12.0 Å². The van der Waals surface area contributed by atoms with Crippen molar-refractivity contribution in [2.45, 2.75) is 73.6 Å². The number of rotatable bonds is 10. The SMILES string of the molecule is CCCC(C)(CC)CC(C)CC(C)CNCC. The molecule has 0 radical (unpaired) electrons. The first-order chi connectivity index (χ1) is 7.97. The summed E-state index contributed by atoms with van der Waals surface area (Å²) in [6.07, 6.45) is 6.80. The fraction of sp³-hybridized carbons (Fsp3) is 1.00. The Labute approximate surface area is 110 Å². The van der Waals surface area contributed by atoms with Crippen molar-refractivity contribution < 1.29 is 0 Å². The maximum atomic E-state index is 3.46. The van der Waals surface area contributed by atoms with Gasteiger partial charge < -0.3 is 5.32 Å². The standard InChI is InChI=1S/C16H35N/c1-7-10-16(6,8-2)12-14(4)11-15(5)13-17-9-3/h14-15,17H,7-13H2,1-6H3. The van der Waals surface area contributed by atoms with E-state index in [1.807, 2.05) is 0 Å². The van der Waals surface area contributed by atoms with Gasteiger partial charge in [0.05, 0.1) is 0 Å². The van der Waals surface area contributed by atoms with Crippen molar-refractivity contribution in [2.75, 3.05) is 13.1 Å². The quantitative estimate of drug-likeness (QED) is 0.575. The van der Waals surface area contributed by atoms with Crippen molar-refractivity contribution >= 4 is 0 Å². The first-order valence-corrected chi connectivity index (χ1v) is 7.68. The summed E-state index contributed by atoms with van der Waals surface area (Å²) < 4.78 is 0. The van der Waals surface area contributed by atoms with Gasteiger partial charge in [-0.05, 0) is 49.6 Å². The maximum Gasteiger partial charge on any atom is -0.00232 e. The first-order valence-electron chi connectivity index (χ1n) is 7.68. The van der Waals surface area contributed by atoms with E-state index in [-0.39, 0.29) is 0 Å². The molecule has 1 heteroatoms. The molecule has 3 unspecified atom stereocenters. The van der Waals surface area contributed by atoms with Crippen LogP contribution in [0.2, 0.25) is 0 Å². The lowest BCUT2D eigenvalue weighted by Gasteiger charge is -2.32. The van der Waals surface area contributed by atoms with E-state index in [2.05, 4.69) is 46.9 Å². The van der Waals surface area contributed by atoms with Crippen LogP contribution in [0, 0.1) is 17.3 Å². The van der Waals surface area contributed by atoms with Gasteiger partial charge in [0.15, 0.2) is 0 Å². The van der Waals surface area contributed by atoms with Gasteiger partial charge in [-0.3, -0.25) is 0 Å². The Balaban J connectivity index is 4.01. The Bertz CT molecular complexity index is 178. The monoisotopic (exact) mass is 241 g/mol. The summed E-state index contributed by atoms with van der Waals surface area (Å²) in [5.74, 6) is 1.67. The normalized spacial score (nSPS) is 18.7. The summed E-state index contributed by atoms with van der Waals surface area (Å²) in [7, 11) is 0. The third-order valence-electron chi connectivity index (χ3n) is 4.10. The van der Waals surface area contributed by atoms with E-state index in [1.165, 1.54) is 38.6 Å². The van der Waals surface area contributed by atoms with Crippen LogP contribution in [0.3, 0.4) is 0 Å². The molecule has 0 saturated heterocycles. The zero-order valence-corrected chi connectivity index (χ0v) is 13.1. The van der Waals surface area contributed by atoms with Crippen LogP contribution < -0.4 is 5.32 Å². The van der Waals surface area contributed by atoms with Crippen molar-refractivity contribution in [3.63, 3.8) is 0 Å².